The Morgan fingerprint density at radius 2 is 1.97 bits per heavy atom. The lowest BCUT2D eigenvalue weighted by Gasteiger charge is -2.16. The van der Waals surface area contributed by atoms with E-state index in [0.717, 1.165) is 39.1 Å². The van der Waals surface area contributed by atoms with Crippen LogP contribution >= 0.6 is 0 Å². The zero-order chi connectivity index (χ0) is 21.1. The number of rotatable bonds is 7. The zero-order valence-corrected chi connectivity index (χ0v) is 17.8. The van der Waals surface area contributed by atoms with Gasteiger partial charge < -0.3 is 19.2 Å². The molecule has 0 aromatic carbocycles. The van der Waals surface area contributed by atoms with E-state index in [0.29, 0.717) is 18.4 Å². The number of aromatic nitrogens is 3. The van der Waals surface area contributed by atoms with Gasteiger partial charge in [-0.3, -0.25) is 0 Å². The number of aryl methyl sites for hydroxylation is 1. The summed E-state index contributed by atoms with van der Waals surface area (Å²) >= 11 is 0. The van der Waals surface area contributed by atoms with Gasteiger partial charge in [-0.2, -0.15) is 0 Å². The van der Waals surface area contributed by atoms with Crippen molar-refractivity contribution in [2.75, 3.05) is 20.8 Å². The molecule has 3 aromatic rings. The van der Waals surface area contributed by atoms with E-state index in [9.17, 15) is 0 Å². The van der Waals surface area contributed by atoms with Crippen LogP contribution in [0.2, 0.25) is 0 Å². The van der Waals surface area contributed by atoms with Crippen LogP contribution in [0.15, 0.2) is 29.6 Å². The van der Waals surface area contributed by atoms with E-state index < -0.39 is 0 Å². The van der Waals surface area contributed by atoms with Crippen LogP contribution in [-0.4, -0.2) is 46.8 Å². The minimum absolute atomic E-state index is 0.108. The minimum Gasteiger partial charge on any atom is -0.480 e. The molecule has 0 saturated carbocycles. The van der Waals surface area contributed by atoms with Gasteiger partial charge in [-0.15, -0.1) is 0 Å². The maximum atomic E-state index is 9.11. The third-order valence-corrected chi connectivity index (χ3v) is 5.02. The van der Waals surface area contributed by atoms with E-state index in [4.69, 9.17) is 19.7 Å². The molecule has 0 saturated heterocycles. The summed E-state index contributed by atoms with van der Waals surface area (Å²) in [5.41, 5.74) is 6.04. The van der Waals surface area contributed by atoms with E-state index in [1.807, 2.05) is 25.3 Å². The van der Waals surface area contributed by atoms with E-state index >= 15 is 0 Å². The van der Waals surface area contributed by atoms with Crippen molar-refractivity contribution in [3.8, 4) is 17.1 Å². The Hall–Kier alpha value is -2.93. The fourth-order valence-electron chi connectivity index (χ4n) is 3.52. The number of pyridine rings is 2. The predicted octanol–water partition coefficient (Wildman–Crippen LogP) is 4.55. The summed E-state index contributed by atoms with van der Waals surface area (Å²) in [6.45, 7) is 8.86. The summed E-state index contributed by atoms with van der Waals surface area (Å²) < 4.78 is 13.0. The van der Waals surface area contributed by atoms with E-state index in [2.05, 4.69) is 41.5 Å². The van der Waals surface area contributed by atoms with Crippen LogP contribution in [0.25, 0.3) is 22.3 Å². The maximum absolute atomic E-state index is 9.11. The molecule has 0 aliphatic rings. The fourth-order valence-corrected chi connectivity index (χ4v) is 3.52. The van der Waals surface area contributed by atoms with Crippen molar-refractivity contribution in [3.05, 3.63) is 41.2 Å². The third kappa shape index (κ3) is 3.96. The van der Waals surface area contributed by atoms with Crippen LogP contribution in [0.5, 0.6) is 5.88 Å². The van der Waals surface area contributed by atoms with Gasteiger partial charge in [0.05, 0.1) is 48.3 Å². The molecule has 1 atom stereocenters. The SMILES string of the molecule is COC[C@H](C)n1cc(/C=N/O)c2nc(-c3ccc(C(C)C)nc3OC)c(C)cc21. The molecule has 0 aliphatic carbocycles. The summed E-state index contributed by atoms with van der Waals surface area (Å²) in [4.78, 5) is 9.58. The first-order valence-electron chi connectivity index (χ1n) is 9.65. The Morgan fingerprint density at radius 1 is 1.21 bits per heavy atom. The largest absolute Gasteiger partial charge is 0.480 e. The van der Waals surface area contributed by atoms with Crippen molar-refractivity contribution in [2.45, 2.75) is 39.7 Å². The van der Waals surface area contributed by atoms with Crippen molar-refractivity contribution in [3.63, 3.8) is 0 Å². The number of methoxy groups -OCH3 is 2. The van der Waals surface area contributed by atoms with Crippen molar-refractivity contribution in [1.29, 1.82) is 0 Å². The Labute approximate surface area is 171 Å². The maximum Gasteiger partial charge on any atom is 0.222 e. The quantitative estimate of drug-likeness (QED) is 0.360. The van der Waals surface area contributed by atoms with E-state index in [1.54, 1.807) is 14.2 Å². The van der Waals surface area contributed by atoms with Gasteiger partial charge in [-0.05, 0) is 43.5 Å². The topological polar surface area (TPSA) is 81.8 Å². The summed E-state index contributed by atoms with van der Waals surface area (Å²) in [6.07, 6.45) is 3.34. The van der Waals surface area contributed by atoms with Crippen LogP contribution in [0.3, 0.4) is 0 Å². The monoisotopic (exact) mass is 396 g/mol. The molecule has 7 nitrogen and oxygen atoms in total. The fraction of sp³-hybridized carbons (Fsp3) is 0.409. The molecule has 0 spiro atoms. The van der Waals surface area contributed by atoms with E-state index in [-0.39, 0.29) is 6.04 Å². The van der Waals surface area contributed by atoms with Crippen molar-refractivity contribution >= 4 is 17.2 Å². The molecular weight excluding hydrogens is 368 g/mol. The van der Waals surface area contributed by atoms with Crippen molar-refractivity contribution in [1.82, 2.24) is 14.5 Å². The lowest BCUT2D eigenvalue weighted by atomic mass is 10.0. The number of nitrogens with zero attached hydrogens (tertiary/aromatic N) is 4. The van der Waals surface area contributed by atoms with Gasteiger partial charge in [0.25, 0.3) is 0 Å². The molecule has 0 aliphatic heterocycles. The lowest BCUT2D eigenvalue weighted by Crippen LogP contribution is -2.10. The number of hydrogen-bond acceptors (Lipinski definition) is 6. The first-order valence-corrected chi connectivity index (χ1v) is 9.65. The summed E-state index contributed by atoms with van der Waals surface area (Å²) in [6, 6.07) is 6.22. The Kier molecular flexibility index (Phi) is 6.17. The second-order valence-electron chi connectivity index (χ2n) is 7.51. The van der Waals surface area contributed by atoms with Crippen molar-refractivity contribution in [2.24, 2.45) is 5.16 Å². The number of ether oxygens (including phenoxy) is 2. The summed E-state index contributed by atoms with van der Waals surface area (Å²) in [7, 11) is 3.30. The first kappa shape index (κ1) is 20.8. The van der Waals surface area contributed by atoms with Crippen LogP contribution < -0.4 is 4.74 Å². The summed E-state index contributed by atoms with van der Waals surface area (Å²) in [5.74, 6) is 0.855. The highest BCUT2D eigenvalue weighted by Crippen LogP contribution is 2.34. The molecule has 3 rings (SSSR count). The molecular formula is C22H28N4O3. The van der Waals surface area contributed by atoms with E-state index in [1.165, 1.54) is 6.21 Å². The number of hydrogen-bond donors (Lipinski definition) is 1. The van der Waals surface area contributed by atoms with Crippen LogP contribution in [-0.2, 0) is 4.74 Å². The Balaban J connectivity index is 2.23. The molecule has 3 heterocycles. The van der Waals surface area contributed by atoms with Gasteiger partial charge >= 0.3 is 0 Å². The van der Waals surface area contributed by atoms with Crippen LogP contribution in [0.4, 0.5) is 0 Å². The molecule has 154 valence electrons. The average Bonchev–Trinajstić information content (AvgIpc) is 3.04. The molecule has 0 radical (unpaired) electrons. The molecule has 7 heteroatoms. The highest BCUT2D eigenvalue weighted by Gasteiger charge is 2.19. The highest BCUT2D eigenvalue weighted by molar-refractivity contribution is 5.98. The Morgan fingerprint density at radius 3 is 2.59 bits per heavy atom. The van der Waals surface area contributed by atoms with Gasteiger partial charge in [0.1, 0.15) is 0 Å². The standard InChI is InChI=1S/C22H28N4O3/c1-13(2)18-8-7-17(22(24-18)29-6)20-14(3)9-19-21(25-20)16(10-23-27)11-26(19)15(4)12-28-5/h7-11,13,15,27H,12H2,1-6H3/b23-10+/t15-/m0/s1. The number of oxime groups is 1. The zero-order valence-electron chi connectivity index (χ0n) is 17.8. The molecule has 3 aromatic heterocycles. The lowest BCUT2D eigenvalue weighted by molar-refractivity contribution is 0.164. The minimum atomic E-state index is 0.108. The predicted molar refractivity (Wildman–Crippen MR) is 114 cm³/mol. The Bertz CT molecular complexity index is 1040. The molecule has 1 N–H and O–H groups in total. The van der Waals surface area contributed by atoms with Crippen LogP contribution in [0.1, 0.15) is 49.6 Å². The third-order valence-electron chi connectivity index (χ3n) is 5.02. The van der Waals surface area contributed by atoms with Crippen LogP contribution in [0, 0.1) is 6.92 Å². The molecule has 0 unspecified atom stereocenters. The van der Waals surface area contributed by atoms with Gasteiger partial charge in [-0.1, -0.05) is 19.0 Å². The second-order valence-corrected chi connectivity index (χ2v) is 7.51. The van der Waals surface area contributed by atoms with Gasteiger partial charge in [0, 0.05) is 24.6 Å². The van der Waals surface area contributed by atoms with Gasteiger partial charge in [0.15, 0.2) is 0 Å². The highest BCUT2D eigenvalue weighted by atomic mass is 16.5. The number of fused-ring (bicyclic) bond motifs is 1. The smallest absolute Gasteiger partial charge is 0.222 e. The van der Waals surface area contributed by atoms with Gasteiger partial charge in [-0.25, -0.2) is 9.97 Å². The second kappa shape index (κ2) is 8.61. The van der Waals surface area contributed by atoms with Gasteiger partial charge in [0.2, 0.25) is 5.88 Å². The summed E-state index contributed by atoms with van der Waals surface area (Å²) in [5, 5.41) is 12.3. The molecule has 0 amide bonds. The molecule has 0 fully saturated rings. The first-order chi connectivity index (χ1) is 13.9. The molecule has 0 bridgehead atoms. The normalized spacial score (nSPS) is 12.9. The molecule has 29 heavy (non-hydrogen) atoms. The van der Waals surface area contributed by atoms with Crippen molar-refractivity contribution < 1.29 is 14.7 Å². The average molecular weight is 396 g/mol.